The third-order valence-corrected chi connectivity index (χ3v) is 3.04. The molecule has 1 aromatic rings. The Hall–Kier alpha value is -1.16. The van der Waals surface area contributed by atoms with Crippen LogP contribution < -0.4 is 10.6 Å². The van der Waals surface area contributed by atoms with Gasteiger partial charge in [-0.05, 0) is 18.4 Å². The second-order valence-electron chi connectivity index (χ2n) is 6.11. The van der Waals surface area contributed by atoms with Gasteiger partial charge in [-0.3, -0.25) is 0 Å². The highest BCUT2D eigenvalue weighted by Gasteiger charge is 2.26. The summed E-state index contributed by atoms with van der Waals surface area (Å²) in [6.45, 7) is 9.51. The van der Waals surface area contributed by atoms with Crippen LogP contribution in [0.3, 0.4) is 0 Å². The maximum atomic E-state index is 5.63. The summed E-state index contributed by atoms with van der Waals surface area (Å²) in [6.07, 6.45) is 2.66. The maximum absolute atomic E-state index is 5.63. The Kier molecular flexibility index (Phi) is 3.33. The van der Waals surface area contributed by atoms with E-state index in [1.165, 1.54) is 0 Å². The van der Waals surface area contributed by atoms with E-state index in [1.54, 1.807) is 6.33 Å². The summed E-state index contributed by atoms with van der Waals surface area (Å²) in [4.78, 5) is 10.9. The van der Waals surface area contributed by atoms with E-state index in [-0.39, 0.29) is 5.41 Å². The van der Waals surface area contributed by atoms with E-state index >= 15 is 0 Å². The average molecular weight is 234 g/mol. The molecule has 0 aromatic carbocycles. The van der Waals surface area contributed by atoms with Crippen molar-refractivity contribution in [2.45, 2.75) is 27.2 Å². The quantitative estimate of drug-likeness (QED) is 0.860. The predicted octanol–water partition coefficient (Wildman–Crippen LogP) is 1.46. The van der Waals surface area contributed by atoms with Gasteiger partial charge in [0.1, 0.15) is 12.1 Å². The van der Waals surface area contributed by atoms with Crippen molar-refractivity contribution in [3.63, 3.8) is 0 Å². The molecular weight excluding hydrogens is 212 g/mol. The average Bonchev–Trinajstić information content (AvgIpc) is 2.13. The fourth-order valence-electron chi connectivity index (χ4n) is 2.10. The maximum Gasteiger partial charge on any atom is 0.132 e. The van der Waals surface area contributed by atoms with Crippen molar-refractivity contribution in [1.29, 1.82) is 0 Å². The summed E-state index contributed by atoms with van der Waals surface area (Å²) in [5, 5.41) is 0. The minimum atomic E-state index is 0.264. The van der Waals surface area contributed by atoms with E-state index in [2.05, 4.69) is 41.7 Å². The van der Waals surface area contributed by atoms with Crippen LogP contribution in [0, 0.1) is 11.3 Å². The van der Waals surface area contributed by atoms with Crippen LogP contribution in [-0.2, 0) is 6.42 Å². The zero-order valence-corrected chi connectivity index (χ0v) is 11.0. The van der Waals surface area contributed by atoms with Crippen LogP contribution >= 0.6 is 0 Å². The molecular formula is C13H22N4. The van der Waals surface area contributed by atoms with Gasteiger partial charge in [-0.25, -0.2) is 9.97 Å². The number of aromatic nitrogens is 2. The molecule has 2 N–H and O–H groups in total. The van der Waals surface area contributed by atoms with E-state index in [0.717, 1.165) is 37.6 Å². The molecule has 4 heteroatoms. The Bertz CT molecular complexity index is 377. The fourth-order valence-corrected chi connectivity index (χ4v) is 2.10. The van der Waals surface area contributed by atoms with Crippen LogP contribution in [0.15, 0.2) is 12.4 Å². The van der Waals surface area contributed by atoms with E-state index in [0.29, 0.717) is 5.92 Å². The third-order valence-electron chi connectivity index (χ3n) is 3.04. The van der Waals surface area contributed by atoms with Crippen molar-refractivity contribution in [3.8, 4) is 0 Å². The van der Waals surface area contributed by atoms with E-state index in [9.17, 15) is 0 Å². The van der Waals surface area contributed by atoms with Gasteiger partial charge in [0, 0.05) is 30.8 Å². The standard InChI is InChI=1S/C13H22N4/c1-13(2,3)5-11-4-12(16-9-15-11)17-7-10(6-14)8-17/h4,9-10H,5-8,14H2,1-3H3. The van der Waals surface area contributed by atoms with Gasteiger partial charge in [0.2, 0.25) is 0 Å². The van der Waals surface area contributed by atoms with Crippen molar-refractivity contribution in [2.75, 3.05) is 24.5 Å². The second kappa shape index (κ2) is 4.61. The van der Waals surface area contributed by atoms with Gasteiger partial charge in [0.05, 0.1) is 0 Å². The van der Waals surface area contributed by atoms with Gasteiger partial charge in [0.25, 0.3) is 0 Å². The summed E-state index contributed by atoms with van der Waals surface area (Å²) >= 11 is 0. The molecule has 2 rings (SSSR count). The van der Waals surface area contributed by atoms with Crippen molar-refractivity contribution in [3.05, 3.63) is 18.1 Å². The summed E-state index contributed by atoms with van der Waals surface area (Å²) in [5.74, 6) is 1.68. The Morgan fingerprint density at radius 2 is 2.06 bits per heavy atom. The highest BCUT2D eigenvalue weighted by atomic mass is 15.2. The monoisotopic (exact) mass is 234 g/mol. The Morgan fingerprint density at radius 1 is 1.35 bits per heavy atom. The molecule has 0 unspecified atom stereocenters. The molecule has 1 aromatic heterocycles. The van der Waals surface area contributed by atoms with Crippen molar-refractivity contribution in [1.82, 2.24) is 9.97 Å². The Labute approximate surface area is 103 Å². The summed E-state index contributed by atoms with van der Waals surface area (Å²) in [6, 6.07) is 2.11. The molecule has 0 atom stereocenters. The second-order valence-corrected chi connectivity index (χ2v) is 6.11. The van der Waals surface area contributed by atoms with E-state index in [1.807, 2.05) is 0 Å². The lowest BCUT2D eigenvalue weighted by atomic mass is 9.90. The number of anilines is 1. The molecule has 1 aliphatic rings. The van der Waals surface area contributed by atoms with Gasteiger partial charge in [-0.15, -0.1) is 0 Å². The molecule has 0 bridgehead atoms. The molecule has 0 radical (unpaired) electrons. The van der Waals surface area contributed by atoms with Crippen LogP contribution in [0.5, 0.6) is 0 Å². The van der Waals surface area contributed by atoms with Crippen LogP contribution in [0.4, 0.5) is 5.82 Å². The zero-order valence-electron chi connectivity index (χ0n) is 11.0. The van der Waals surface area contributed by atoms with Crippen LogP contribution in [0.25, 0.3) is 0 Å². The zero-order chi connectivity index (χ0) is 12.5. The Morgan fingerprint density at radius 3 is 2.65 bits per heavy atom. The molecule has 0 saturated carbocycles. The van der Waals surface area contributed by atoms with Gasteiger partial charge >= 0.3 is 0 Å². The molecule has 0 amide bonds. The first-order valence-electron chi connectivity index (χ1n) is 6.24. The lowest BCUT2D eigenvalue weighted by Crippen LogP contribution is -2.50. The molecule has 1 saturated heterocycles. The van der Waals surface area contributed by atoms with Crippen LogP contribution in [-0.4, -0.2) is 29.6 Å². The number of nitrogens with zero attached hydrogens (tertiary/aromatic N) is 3. The number of hydrogen-bond donors (Lipinski definition) is 1. The smallest absolute Gasteiger partial charge is 0.132 e. The summed E-state index contributed by atoms with van der Waals surface area (Å²) in [5.41, 5.74) is 7.02. The highest BCUT2D eigenvalue weighted by Crippen LogP contribution is 2.24. The molecule has 1 aliphatic heterocycles. The van der Waals surface area contributed by atoms with Crippen molar-refractivity contribution in [2.24, 2.45) is 17.1 Å². The molecule has 4 nitrogen and oxygen atoms in total. The first-order valence-corrected chi connectivity index (χ1v) is 6.24. The molecule has 1 fully saturated rings. The largest absolute Gasteiger partial charge is 0.356 e. The lowest BCUT2D eigenvalue weighted by Gasteiger charge is -2.39. The topological polar surface area (TPSA) is 55.0 Å². The van der Waals surface area contributed by atoms with Gasteiger partial charge < -0.3 is 10.6 Å². The first-order chi connectivity index (χ1) is 7.98. The van der Waals surface area contributed by atoms with E-state index < -0.39 is 0 Å². The third kappa shape index (κ3) is 3.16. The molecule has 94 valence electrons. The van der Waals surface area contributed by atoms with E-state index in [4.69, 9.17) is 5.73 Å². The van der Waals surface area contributed by atoms with Crippen LogP contribution in [0.1, 0.15) is 26.5 Å². The SMILES string of the molecule is CC(C)(C)Cc1cc(N2CC(CN)C2)ncn1. The minimum Gasteiger partial charge on any atom is -0.356 e. The predicted molar refractivity (Wildman–Crippen MR) is 69.9 cm³/mol. The number of nitrogens with two attached hydrogens (primary N) is 1. The molecule has 0 aliphatic carbocycles. The molecule has 0 spiro atoms. The van der Waals surface area contributed by atoms with Crippen molar-refractivity contribution >= 4 is 5.82 Å². The highest BCUT2D eigenvalue weighted by molar-refractivity contribution is 5.42. The first kappa shape index (κ1) is 12.3. The lowest BCUT2D eigenvalue weighted by molar-refractivity contribution is 0.403. The van der Waals surface area contributed by atoms with Gasteiger partial charge in [-0.2, -0.15) is 0 Å². The summed E-state index contributed by atoms with van der Waals surface area (Å²) in [7, 11) is 0. The Balaban J connectivity index is 2.03. The molecule has 17 heavy (non-hydrogen) atoms. The van der Waals surface area contributed by atoms with Crippen LogP contribution in [0.2, 0.25) is 0 Å². The van der Waals surface area contributed by atoms with Gasteiger partial charge in [-0.1, -0.05) is 20.8 Å². The number of rotatable bonds is 3. The molecule has 2 heterocycles. The minimum absolute atomic E-state index is 0.264. The van der Waals surface area contributed by atoms with Gasteiger partial charge in [0.15, 0.2) is 0 Å². The number of hydrogen-bond acceptors (Lipinski definition) is 4. The summed E-state index contributed by atoms with van der Waals surface area (Å²) < 4.78 is 0. The normalized spacial score (nSPS) is 17.1. The fraction of sp³-hybridized carbons (Fsp3) is 0.692. The van der Waals surface area contributed by atoms with Crippen molar-refractivity contribution < 1.29 is 0 Å².